The van der Waals surface area contributed by atoms with Crippen molar-refractivity contribution >= 4 is 5.91 Å². The van der Waals surface area contributed by atoms with Gasteiger partial charge in [0.15, 0.2) is 0 Å². The van der Waals surface area contributed by atoms with Crippen LogP contribution in [0.4, 0.5) is 0 Å². The van der Waals surface area contributed by atoms with E-state index < -0.39 is 0 Å². The van der Waals surface area contributed by atoms with Crippen molar-refractivity contribution in [3.63, 3.8) is 0 Å². The van der Waals surface area contributed by atoms with E-state index in [1.54, 1.807) is 24.7 Å². The van der Waals surface area contributed by atoms with Gasteiger partial charge in [0, 0.05) is 30.2 Å². The van der Waals surface area contributed by atoms with Crippen molar-refractivity contribution in [2.75, 3.05) is 0 Å². The molecule has 2 aromatic heterocycles. The van der Waals surface area contributed by atoms with Crippen molar-refractivity contribution in [1.82, 2.24) is 14.9 Å². The van der Waals surface area contributed by atoms with Gasteiger partial charge in [-0.1, -0.05) is 6.07 Å². The summed E-state index contributed by atoms with van der Waals surface area (Å²) in [5, 5.41) is 2.88. The standard InChI is InChI=1S/C16H19N3O2/c1-16(2,3)18-15(21)13-6-7-14(20)19(11-13)10-12-5-4-8-17-9-12/h4-9,11H,10H2,1-3H3,(H,18,21). The molecular formula is C16H19N3O2. The fraction of sp³-hybridized carbons (Fsp3) is 0.312. The van der Waals surface area contributed by atoms with E-state index in [1.807, 2.05) is 32.9 Å². The van der Waals surface area contributed by atoms with Crippen molar-refractivity contribution in [1.29, 1.82) is 0 Å². The zero-order valence-corrected chi connectivity index (χ0v) is 12.5. The van der Waals surface area contributed by atoms with Gasteiger partial charge in [-0.15, -0.1) is 0 Å². The average Bonchev–Trinajstić information content (AvgIpc) is 2.40. The van der Waals surface area contributed by atoms with Crippen LogP contribution in [-0.2, 0) is 6.54 Å². The molecule has 2 rings (SSSR count). The third kappa shape index (κ3) is 4.27. The van der Waals surface area contributed by atoms with Gasteiger partial charge in [-0.05, 0) is 38.5 Å². The Hall–Kier alpha value is -2.43. The number of amides is 1. The SMILES string of the molecule is CC(C)(C)NC(=O)c1ccc(=O)n(Cc2cccnc2)c1. The highest BCUT2D eigenvalue weighted by atomic mass is 16.2. The Balaban J connectivity index is 2.25. The first kappa shape index (κ1) is 15.0. The predicted octanol–water partition coefficient (Wildman–Crippen LogP) is 1.82. The Morgan fingerprint density at radius 2 is 2.05 bits per heavy atom. The fourth-order valence-electron chi connectivity index (χ4n) is 1.89. The van der Waals surface area contributed by atoms with E-state index in [0.29, 0.717) is 12.1 Å². The molecule has 110 valence electrons. The highest BCUT2D eigenvalue weighted by molar-refractivity contribution is 5.94. The molecular weight excluding hydrogens is 266 g/mol. The van der Waals surface area contributed by atoms with Crippen molar-refractivity contribution in [2.24, 2.45) is 0 Å². The van der Waals surface area contributed by atoms with E-state index in [4.69, 9.17) is 0 Å². The molecule has 0 aliphatic rings. The molecule has 1 N–H and O–H groups in total. The number of nitrogens with one attached hydrogen (secondary N) is 1. The van der Waals surface area contributed by atoms with Gasteiger partial charge >= 0.3 is 0 Å². The monoisotopic (exact) mass is 285 g/mol. The summed E-state index contributed by atoms with van der Waals surface area (Å²) in [7, 11) is 0. The number of aromatic nitrogens is 2. The summed E-state index contributed by atoms with van der Waals surface area (Å²) >= 11 is 0. The van der Waals surface area contributed by atoms with Crippen molar-refractivity contribution in [3.8, 4) is 0 Å². The van der Waals surface area contributed by atoms with Crippen LogP contribution in [0.15, 0.2) is 47.7 Å². The van der Waals surface area contributed by atoms with Crippen LogP contribution in [-0.4, -0.2) is 21.0 Å². The molecule has 2 aromatic rings. The first-order valence-electron chi connectivity index (χ1n) is 6.77. The van der Waals surface area contributed by atoms with Gasteiger partial charge in [0.05, 0.1) is 12.1 Å². The lowest BCUT2D eigenvalue weighted by Crippen LogP contribution is -2.41. The maximum absolute atomic E-state index is 12.1. The summed E-state index contributed by atoms with van der Waals surface area (Å²) in [5.41, 5.74) is 0.911. The number of rotatable bonds is 3. The maximum atomic E-state index is 12.1. The number of carbonyl (C=O) groups is 1. The lowest BCUT2D eigenvalue weighted by molar-refractivity contribution is 0.0918. The van der Waals surface area contributed by atoms with Crippen LogP contribution in [0.25, 0.3) is 0 Å². The highest BCUT2D eigenvalue weighted by Crippen LogP contribution is 2.05. The average molecular weight is 285 g/mol. The Kier molecular flexibility index (Phi) is 4.21. The van der Waals surface area contributed by atoms with E-state index in [-0.39, 0.29) is 17.0 Å². The van der Waals surface area contributed by atoms with Gasteiger partial charge in [0.2, 0.25) is 0 Å². The normalized spacial score (nSPS) is 11.2. The molecule has 0 spiro atoms. The van der Waals surface area contributed by atoms with Crippen LogP contribution in [0.2, 0.25) is 0 Å². The topological polar surface area (TPSA) is 64.0 Å². The molecule has 0 saturated heterocycles. The molecule has 0 bridgehead atoms. The molecule has 21 heavy (non-hydrogen) atoms. The van der Waals surface area contributed by atoms with Gasteiger partial charge in [-0.2, -0.15) is 0 Å². The summed E-state index contributed by atoms with van der Waals surface area (Å²) in [6.45, 7) is 6.13. The van der Waals surface area contributed by atoms with Gasteiger partial charge in [0.1, 0.15) is 0 Å². The van der Waals surface area contributed by atoms with E-state index >= 15 is 0 Å². The Morgan fingerprint density at radius 3 is 2.67 bits per heavy atom. The van der Waals surface area contributed by atoms with E-state index in [9.17, 15) is 9.59 Å². The molecule has 1 amide bonds. The smallest absolute Gasteiger partial charge is 0.253 e. The second kappa shape index (κ2) is 5.91. The molecule has 0 aliphatic carbocycles. The summed E-state index contributed by atoms with van der Waals surface area (Å²) in [4.78, 5) is 28.1. The summed E-state index contributed by atoms with van der Waals surface area (Å²) in [6, 6.07) is 6.66. The van der Waals surface area contributed by atoms with E-state index in [0.717, 1.165) is 5.56 Å². The van der Waals surface area contributed by atoms with Crippen LogP contribution >= 0.6 is 0 Å². The molecule has 2 heterocycles. The minimum Gasteiger partial charge on any atom is -0.347 e. The van der Waals surface area contributed by atoms with E-state index in [1.165, 1.54) is 10.6 Å². The molecule has 5 heteroatoms. The lowest BCUT2D eigenvalue weighted by atomic mass is 10.1. The number of carbonyl (C=O) groups excluding carboxylic acids is 1. The zero-order chi connectivity index (χ0) is 15.5. The van der Waals surface area contributed by atoms with Crippen LogP contribution < -0.4 is 10.9 Å². The highest BCUT2D eigenvalue weighted by Gasteiger charge is 2.15. The first-order valence-corrected chi connectivity index (χ1v) is 6.77. The summed E-state index contributed by atoms with van der Waals surface area (Å²) in [5.74, 6) is -0.192. The quantitative estimate of drug-likeness (QED) is 0.935. The van der Waals surface area contributed by atoms with Crippen molar-refractivity contribution in [2.45, 2.75) is 32.9 Å². The largest absolute Gasteiger partial charge is 0.347 e. The van der Waals surface area contributed by atoms with Crippen LogP contribution in [0.1, 0.15) is 36.7 Å². The molecule has 0 aliphatic heterocycles. The third-order valence-corrected chi connectivity index (χ3v) is 2.81. The first-order chi connectivity index (χ1) is 9.85. The number of nitrogens with zero attached hydrogens (tertiary/aromatic N) is 2. The number of hydrogen-bond donors (Lipinski definition) is 1. The van der Waals surface area contributed by atoms with E-state index in [2.05, 4.69) is 10.3 Å². The molecule has 0 saturated carbocycles. The van der Waals surface area contributed by atoms with Crippen LogP contribution in [0, 0.1) is 0 Å². The van der Waals surface area contributed by atoms with Gasteiger partial charge in [-0.25, -0.2) is 0 Å². The van der Waals surface area contributed by atoms with Crippen molar-refractivity contribution in [3.05, 3.63) is 64.3 Å². The maximum Gasteiger partial charge on any atom is 0.253 e. The van der Waals surface area contributed by atoms with Crippen LogP contribution in [0.5, 0.6) is 0 Å². The Morgan fingerprint density at radius 1 is 1.29 bits per heavy atom. The molecule has 0 unspecified atom stereocenters. The molecule has 0 aromatic carbocycles. The Labute approximate surface area is 123 Å². The number of pyridine rings is 2. The minimum absolute atomic E-state index is 0.147. The number of hydrogen-bond acceptors (Lipinski definition) is 3. The van der Waals surface area contributed by atoms with Gasteiger partial charge < -0.3 is 9.88 Å². The van der Waals surface area contributed by atoms with Crippen LogP contribution in [0.3, 0.4) is 0 Å². The third-order valence-electron chi connectivity index (χ3n) is 2.81. The predicted molar refractivity (Wildman–Crippen MR) is 81.3 cm³/mol. The molecule has 0 fully saturated rings. The summed E-state index contributed by atoms with van der Waals surface area (Å²) in [6.07, 6.45) is 4.96. The lowest BCUT2D eigenvalue weighted by Gasteiger charge is -2.20. The summed E-state index contributed by atoms with van der Waals surface area (Å²) < 4.78 is 1.51. The van der Waals surface area contributed by atoms with Crippen molar-refractivity contribution < 1.29 is 4.79 Å². The molecule has 0 radical (unpaired) electrons. The second-order valence-electron chi connectivity index (χ2n) is 5.95. The Bertz CT molecular complexity index is 685. The fourth-order valence-corrected chi connectivity index (χ4v) is 1.89. The molecule has 0 atom stereocenters. The molecule has 5 nitrogen and oxygen atoms in total. The van der Waals surface area contributed by atoms with Gasteiger partial charge in [0.25, 0.3) is 11.5 Å². The second-order valence-corrected chi connectivity index (χ2v) is 5.95. The van der Waals surface area contributed by atoms with Gasteiger partial charge in [-0.3, -0.25) is 14.6 Å². The minimum atomic E-state index is -0.318. The zero-order valence-electron chi connectivity index (χ0n) is 12.5.